The number of hydrogen-bond donors (Lipinski definition) is 2. The minimum atomic E-state index is 0.568. The predicted molar refractivity (Wildman–Crippen MR) is 98.1 cm³/mol. The maximum Gasteiger partial charge on any atom is 0.229 e. The number of aliphatic imine (C=N–C) groups is 1. The van der Waals surface area contributed by atoms with Gasteiger partial charge in [-0.05, 0) is 42.8 Å². The average Bonchev–Trinajstić information content (AvgIpc) is 3.06. The number of anilines is 4. The Hall–Kier alpha value is -3.21. The van der Waals surface area contributed by atoms with Crippen LogP contribution in [0.5, 0.6) is 0 Å². The number of nitrogens with one attached hydrogen (secondary N) is 2. The highest BCUT2D eigenvalue weighted by Crippen LogP contribution is 2.29. The number of rotatable bonds is 4. The molecule has 0 amide bonds. The molecule has 1 aliphatic rings. The van der Waals surface area contributed by atoms with Crippen LogP contribution in [-0.2, 0) is 6.42 Å². The zero-order chi connectivity index (χ0) is 16.4. The molecule has 118 valence electrons. The van der Waals surface area contributed by atoms with Gasteiger partial charge in [-0.1, -0.05) is 18.2 Å². The fraction of sp³-hybridized carbons (Fsp3) is 0.105. The molecule has 0 saturated heterocycles. The predicted octanol–water partition coefficient (Wildman–Crippen LogP) is 4.53. The Balaban J connectivity index is 1.57. The first-order chi connectivity index (χ1) is 11.8. The topological polar surface area (TPSA) is 62.2 Å². The Morgan fingerprint density at radius 1 is 0.958 bits per heavy atom. The molecular formula is C19H17N5. The molecule has 0 unspecified atom stereocenters. The molecule has 2 heterocycles. The van der Waals surface area contributed by atoms with Crippen molar-refractivity contribution in [3.05, 3.63) is 65.9 Å². The first-order valence-electron chi connectivity index (χ1n) is 7.86. The Kier molecular flexibility index (Phi) is 3.67. The minimum absolute atomic E-state index is 0.568. The summed E-state index contributed by atoms with van der Waals surface area (Å²) in [7, 11) is 0. The summed E-state index contributed by atoms with van der Waals surface area (Å²) in [5.41, 5.74) is 5.24. The second-order valence-corrected chi connectivity index (χ2v) is 5.70. The van der Waals surface area contributed by atoms with Gasteiger partial charge in [-0.3, -0.25) is 4.99 Å². The van der Waals surface area contributed by atoms with Crippen molar-refractivity contribution in [2.75, 3.05) is 10.6 Å². The third-order valence-electron chi connectivity index (χ3n) is 3.89. The van der Waals surface area contributed by atoms with Crippen LogP contribution in [-0.4, -0.2) is 16.2 Å². The fourth-order valence-electron chi connectivity index (χ4n) is 2.61. The number of aryl methyl sites for hydroxylation is 1. The second-order valence-electron chi connectivity index (χ2n) is 5.70. The van der Waals surface area contributed by atoms with Gasteiger partial charge in [0.05, 0.1) is 5.69 Å². The molecule has 2 N–H and O–H groups in total. The van der Waals surface area contributed by atoms with Crippen molar-refractivity contribution in [3.63, 3.8) is 0 Å². The average molecular weight is 315 g/mol. The summed E-state index contributed by atoms with van der Waals surface area (Å²) >= 11 is 0. The van der Waals surface area contributed by atoms with Crippen LogP contribution in [0.4, 0.5) is 28.8 Å². The molecule has 0 atom stereocenters. The van der Waals surface area contributed by atoms with Crippen LogP contribution in [0, 0.1) is 6.92 Å². The molecule has 5 nitrogen and oxygen atoms in total. The molecule has 4 rings (SSSR count). The van der Waals surface area contributed by atoms with E-state index < -0.39 is 0 Å². The first-order valence-corrected chi connectivity index (χ1v) is 7.86. The maximum absolute atomic E-state index is 4.59. The van der Waals surface area contributed by atoms with Gasteiger partial charge >= 0.3 is 0 Å². The Labute approximate surface area is 140 Å². The van der Waals surface area contributed by atoms with Gasteiger partial charge in [-0.2, -0.15) is 4.98 Å². The van der Waals surface area contributed by atoms with Crippen LogP contribution in [0.15, 0.2) is 59.7 Å². The minimum Gasteiger partial charge on any atom is -0.340 e. The molecule has 24 heavy (non-hydrogen) atoms. The number of fused-ring (bicyclic) bond motifs is 1. The lowest BCUT2D eigenvalue weighted by Gasteiger charge is -2.12. The van der Waals surface area contributed by atoms with E-state index >= 15 is 0 Å². The van der Waals surface area contributed by atoms with Crippen molar-refractivity contribution >= 4 is 35.0 Å². The lowest BCUT2D eigenvalue weighted by Crippen LogP contribution is -2.02. The van der Waals surface area contributed by atoms with E-state index in [2.05, 4.69) is 31.7 Å². The smallest absolute Gasteiger partial charge is 0.229 e. The van der Waals surface area contributed by atoms with Gasteiger partial charge in [-0.15, -0.1) is 0 Å². The van der Waals surface area contributed by atoms with E-state index in [-0.39, 0.29) is 0 Å². The molecule has 0 aliphatic carbocycles. The highest BCUT2D eigenvalue weighted by Gasteiger charge is 2.09. The number of aromatic nitrogens is 2. The van der Waals surface area contributed by atoms with E-state index in [9.17, 15) is 0 Å². The van der Waals surface area contributed by atoms with E-state index in [0.29, 0.717) is 5.95 Å². The van der Waals surface area contributed by atoms with Crippen LogP contribution in [0.1, 0.15) is 11.1 Å². The summed E-state index contributed by atoms with van der Waals surface area (Å²) in [6.45, 7) is 1.99. The van der Waals surface area contributed by atoms with Gasteiger partial charge in [-0.25, -0.2) is 4.98 Å². The van der Waals surface area contributed by atoms with Gasteiger partial charge in [0.25, 0.3) is 0 Å². The lowest BCUT2D eigenvalue weighted by atomic mass is 10.1. The third kappa shape index (κ3) is 2.96. The zero-order valence-electron chi connectivity index (χ0n) is 13.3. The number of para-hydroxylation sites is 1. The van der Waals surface area contributed by atoms with Crippen LogP contribution >= 0.6 is 0 Å². The Bertz CT molecular complexity index is 903. The van der Waals surface area contributed by atoms with Gasteiger partial charge in [0.2, 0.25) is 5.95 Å². The molecule has 0 spiro atoms. The molecule has 1 aromatic heterocycles. The van der Waals surface area contributed by atoms with Crippen molar-refractivity contribution in [3.8, 4) is 0 Å². The molecule has 0 radical (unpaired) electrons. The van der Waals surface area contributed by atoms with E-state index in [1.807, 2.05) is 61.8 Å². The monoisotopic (exact) mass is 315 g/mol. The Morgan fingerprint density at radius 2 is 1.83 bits per heavy atom. The number of nitrogens with zero attached hydrogens (tertiary/aromatic N) is 3. The molecule has 2 aromatic carbocycles. The molecule has 5 heteroatoms. The van der Waals surface area contributed by atoms with Crippen molar-refractivity contribution < 1.29 is 0 Å². The van der Waals surface area contributed by atoms with E-state index in [4.69, 9.17) is 0 Å². The SMILES string of the molecule is Cc1cnc(Nc2ccccc2)nc1Nc1ccc2c(c1)CC=N2. The molecule has 0 saturated carbocycles. The number of hydrogen-bond acceptors (Lipinski definition) is 5. The standard InChI is InChI=1S/C19H17N5/c1-13-12-21-19(23-15-5-3-2-4-6-15)24-18(13)22-16-7-8-17-14(11-16)9-10-20-17/h2-8,10-12H,9H2,1H3,(H2,21,22,23,24). The summed E-state index contributed by atoms with van der Waals surface area (Å²) in [5.74, 6) is 1.36. The van der Waals surface area contributed by atoms with Crippen molar-refractivity contribution in [1.29, 1.82) is 0 Å². The first kappa shape index (κ1) is 14.4. The summed E-state index contributed by atoms with van der Waals surface area (Å²) in [6.07, 6.45) is 4.64. The van der Waals surface area contributed by atoms with E-state index in [1.54, 1.807) is 0 Å². The van der Waals surface area contributed by atoms with Crippen LogP contribution in [0.25, 0.3) is 0 Å². The quantitative estimate of drug-likeness (QED) is 0.742. The normalized spacial score (nSPS) is 12.0. The molecule has 3 aromatic rings. The summed E-state index contributed by atoms with van der Waals surface area (Å²) in [4.78, 5) is 13.3. The summed E-state index contributed by atoms with van der Waals surface area (Å²) in [5, 5.41) is 6.60. The Morgan fingerprint density at radius 3 is 2.71 bits per heavy atom. The van der Waals surface area contributed by atoms with Crippen molar-refractivity contribution in [2.24, 2.45) is 4.99 Å². The van der Waals surface area contributed by atoms with Gasteiger partial charge in [0.1, 0.15) is 5.82 Å². The fourth-order valence-corrected chi connectivity index (χ4v) is 2.61. The third-order valence-corrected chi connectivity index (χ3v) is 3.89. The number of benzene rings is 2. The molecule has 0 fully saturated rings. The van der Waals surface area contributed by atoms with Gasteiger partial charge < -0.3 is 10.6 Å². The lowest BCUT2D eigenvalue weighted by molar-refractivity contribution is 1.13. The molecule has 1 aliphatic heterocycles. The highest BCUT2D eigenvalue weighted by molar-refractivity contribution is 5.78. The maximum atomic E-state index is 4.59. The van der Waals surface area contributed by atoms with Crippen LogP contribution < -0.4 is 10.6 Å². The van der Waals surface area contributed by atoms with Gasteiger partial charge in [0.15, 0.2) is 0 Å². The second kappa shape index (κ2) is 6.12. The van der Waals surface area contributed by atoms with Gasteiger partial charge in [0, 0.05) is 35.8 Å². The van der Waals surface area contributed by atoms with Crippen molar-refractivity contribution in [1.82, 2.24) is 9.97 Å². The van der Waals surface area contributed by atoms with Crippen LogP contribution in [0.2, 0.25) is 0 Å². The zero-order valence-corrected chi connectivity index (χ0v) is 13.3. The van der Waals surface area contributed by atoms with E-state index in [1.165, 1.54) is 5.56 Å². The highest BCUT2D eigenvalue weighted by atomic mass is 15.1. The summed E-state index contributed by atoms with van der Waals surface area (Å²) < 4.78 is 0. The molecule has 0 bridgehead atoms. The summed E-state index contributed by atoms with van der Waals surface area (Å²) in [6, 6.07) is 16.1. The van der Waals surface area contributed by atoms with E-state index in [0.717, 1.165) is 34.9 Å². The molecular weight excluding hydrogens is 298 g/mol. The van der Waals surface area contributed by atoms with Crippen LogP contribution in [0.3, 0.4) is 0 Å². The largest absolute Gasteiger partial charge is 0.340 e. The van der Waals surface area contributed by atoms with Crippen molar-refractivity contribution in [2.45, 2.75) is 13.3 Å².